The molecular formula is C22H15BrO2. The minimum Gasteiger partial charge on any atom is -0.464 e. The van der Waals surface area contributed by atoms with Crippen LogP contribution >= 0.6 is 15.9 Å². The monoisotopic (exact) mass is 390 g/mol. The van der Waals surface area contributed by atoms with Gasteiger partial charge in [0.25, 0.3) is 0 Å². The number of fused-ring (bicyclic) bond motifs is 1. The van der Waals surface area contributed by atoms with E-state index in [-0.39, 0.29) is 5.43 Å². The van der Waals surface area contributed by atoms with Crippen molar-refractivity contribution in [1.82, 2.24) is 0 Å². The van der Waals surface area contributed by atoms with Crippen LogP contribution in [0.2, 0.25) is 0 Å². The number of rotatable bonds is 2. The first-order valence-corrected chi connectivity index (χ1v) is 8.80. The SMILES string of the molecule is Cc1cc2occc(=O)c2cc1-c1cccc(-c2cccc(Br)c2)c1. The van der Waals surface area contributed by atoms with E-state index in [1.807, 2.05) is 37.3 Å². The van der Waals surface area contributed by atoms with Gasteiger partial charge in [-0.2, -0.15) is 0 Å². The Balaban J connectivity index is 1.89. The molecule has 0 N–H and O–H groups in total. The molecule has 4 aromatic rings. The average molecular weight is 391 g/mol. The average Bonchev–Trinajstić information content (AvgIpc) is 2.62. The molecule has 0 aliphatic heterocycles. The lowest BCUT2D eigenvalue weighted by atomic mass is 9.95. The van der Waals surface area contributed by atoms with E-state index in [9.17, 15) is 4.79 Å². The van der Waals surface area contributed by atoms with Gasteiger partial charge in [-0.05, 0) is 65.1 Å². The minimum atomic E-state index is -0.0226. The maximum atomic E-state index is 12.1. The van der Waals surface area contributed by atoms with Gasteiger partial charge in [0.15, 0.2) is 5.43 Å². The predicted octanol–water partition coefficient (Wildman–Crippen LogP) is 6.20. The normalized spacial score (nSPS) is 11.0. The van der Waals surface area contributed by atoms with E-state index in [4.69, 9.17) is 4.42 Å². The van der Waals surface area contributed by atoms with E-state index in [0.717, 1.165) is 32.3 Å². The van der Waals surface area contributed by atoms with Crippen LogP contribution in [0.15, 0.2) is 86.7 Å². The highest BCUT2D eigenvalue weighted by Crippen LogP contribution is 2.31. The molecule has 0 unspecified atom stereocenters. The molecule has 0 fully saturated rings. The molecule has 25 heavy (non-hydrogen) atoms. The first kappa shape index (κ1) is 15.9. The molecule has 0 saturated carbocycles. The first-order chi connectivity index (χ1) is 12.1. The maximum absolute atomic E-state index is 12.1. The van der Waals surface area contributed by atoms with Crippen molar-refractivity contribution in [3.8, 4) is 22.3 Å². The van der Waals surface area contributed by atoms with Crippen LogP contribution < -0.4 is 5.43 Å². The van der Waals surface area contributed by atoms with Gasteiger partial charge in [0.2, 0.25) is 0 Å². The summed E-state index contributed by atoms with van der Waals surface area (Å²) in [4.78, 5) is 12.1. The third-order valence-electron chi connectivity index (χ3n) is 4.34. The Morgan fingerprint density at radius 3 is 2.36 bits per heavy atom. The maximum Gasteiger partial charge on any atom is 0.192 e. The fourth-order valence-corrected chi connectivity index (χ4v) is 3.47. The van der Waals surface area contributed by atoms with E-state index in [2.05, 4.69) is 46.3 Å². The Bertz CT molecular complexity index is 1140. The summed E-state index contributed by atoms with van der Waals surface area (Å²) in [5, 5.41) is 0.607. The summed E-state index contributed by atoms with van der Waals surface area (Å²) >= 11 is 3.52. The Labute approximate surface area is 153 Å². The van der Waals surface area contributed by atoms with E-state index in [0.29, 0.717) is 11.0 Å². The van der Waals surface area contributed by atoms with Crippen LogP contribution in [0.4, 0.5) is 0 Å². The van der Waals surface area contributed by atoms with Crippen LogP contribution in [-0.4, -0.2) is 0 Å². The standard InChI is InChI=1S/C22H15BrO2/c1-14-10-22-20(21(24)8-9-25-22)13-19(14)17-6-2-4-15(11-17)16-5-3-7-18(23)12-16/h2-13H,1H3. The van der Waals surface area contributed by atoms with E-state index in [1.165, 1.54) is 12.3 Å². The van der Waals surface area contributed by atoms with Gasteiger partial charge in [-0.1, -0.05) is 46.3 Å². The summed E-state index contributed by atoms with van der Waals surface area (Å²) in [6, 6.07) is 21.9. The highest BCUT2D eigenvalue weighted by Gasteiger charge is 2.09. The molecule has 122 valence electrons. The zero-order chi connectivity index (χ0) is 17.4. The van der Waals surface area contributed by atoms with Gasteiger partial charge in [0.05, 0.1) is 11.6 Å². The van der Waals surface area contributed by atoms with Gasteiger partial charge in [0, 0.05) is 10.5 Å². The first-order valence-electron chi connectivity index (χ1n) is 8.00. The summed E-state index contributed by atoms with van der Waals surface area (Å²) in [6.07, 6.45) is 1.44. The van der Waals surface area contributed by atoms with Crippen LogP contribution in [-0.2, 0) is 0 Å². The van der Waals surface area contributed by atoms with E-state index < -0.39 is 0 Å². The lowest BCUT2D eigenvalue weighted by Gasteiger charge is -2.10. The number of hydrogen-bond acceptors (Lipinski definition) is 2. The van der Waals surface area contributed by atoms with Crippen LogP contribution in [0.3, 0.4) is 0 Å². The number of aryl methyl sites for hydroxylation is 1. The third-order valence-corrected chi connectivity index (χ3v) is 4.83. The zero-order valence-electron chi connectivity index (χ0n) is 13.6. The van der Waals surface area contributed by atoms with Gasteiger partial charge < -0.3 is 4.42 Å². The highest BCUT2D eigenvalue weighted by atomic mass is 79.9. The molecule has 0 aliphatic carbocycles. The zero-order valence-corrected chi connectivity index (χ0v) is 15.2. The number of benzene rings is 3. The van der Waals surface area contributed by atoms with Crippen LogP contribution in [0.1, 0.15) is 5.56 Å². The second-order valence-electron chi connectivity index (χ2n) is 6.04. The molecule has 0 atom stereocenters. The molecule has 0 saturated heterocycles. The molecule has 1 aromatic heterocycles. The van der Waals surface area contributed by atoms with Gasteiger partial charge in [-0.15, -0.1) is 0 Å². The molecule has 0 aliphatic rings. The second-order valence-corrected chi connectivity index (χ2v) is 6.95. The van der Waals surface area contributed by atoms with E-state index in [1.54, 1.807) is 0 Å². The molecule has 0 spiro atoms. The van der Waals surface area contributed by atoms with Gasteiger partial charge in [-0.3, -0.25) is 4.79 Å². The summed E-state index contributed by atoms with van der Waals surface area (Å²) in [5.74, 6) is 0. The van der Waals surface area contributed by atoms with Crippen molar-refractivity contribution in [3.05, 3.63) is 93.3 Å². The number of halogens is 1. The minimum absolute atomic E-state index is 0.0226. The van der Waals surface area contributed by atoms with Crippen LogP contribution in [0, 0.1) is 6.92 Å². The highest BCUT2D eigenvalue weighted by molar-refractivity contribution is 9.10. The fourth-order valence-electron chi connectivity index (χ4n) is 3.08. The summed E-state index contributed by atoms with van der Waals surface area (Å²) < 4.78 is 6.52. The molecule has 3 aromatic carbocycles. The third kappa shape index (κ3) is 3.03. The molecule has 1 heterocycles. The van der Waals surface area contributed by atoms with Crippen molar-refractivity contribution in [3.63, 3.8) is 0 Å². The van der Waals surface area contributed by atoms with Gasteiger partial charge >= 0.3 is 0 Å². The molecule has 3 heteroatoms. The van der Waals surface area contributed by atoms with Crippen LogP contribution in [0.25, 0.3) is 33.2 Å². The molecule has 0 amide bonds. The Hall–Kier alpha value is -2.65. The van der Waals surface area contributed by atoms with Crippen molar-refractivity contribution >= 4 is 26.9 Å². The summed E-state index contributed by atoms with van der Waals surface area (Å²) in [6.45, 7) is 2.04. The molecule has 4 rings (SSSR count). The van der Waals surface area contributed by atoms with Crippen molar-refractivity contribution in [2.45, 2.75) is 6.92 Å². The topological polar surface area (TPSA) is 30.2 Å². The quantitative estimate of drug-likeness (QED) is 0.407. The summed E-state index contributed by atoms with van der Waals surface area (Å²) in [7, 11) is 0. The molecule has 0 radical (unpaired) electrons. The largest absolute Gasteiger partial charge is 0.464 e. The molecule has 2 nitrogen and oxygen atoms in total. The van der Waals surface area contributed by atoms with Crippen molar-refractivity contribution < 1.29 is 4.42 Å². The molecular weight excluding hydrogens is 376 g/mol. The predicted molar refractivity (Wildman–Crippen MR) is 106 cm³/mol. The Morgan fingerprint density at radius 1 is 0.840 bits per heavy atom. The fraction of sp³-hybridized carbons (Fsp3) is 0.0455. The van der Waals surface area contributed by atoms with Gasteiger partial charge in [0.1, 0.15) is 5.58 Å². The lowest BCUT2D eigenvalue weighted by Crippen LogP contribution is -1.99. The van der Waals surface area contributed by atoms with Crippen molar-refractivity contribution in [2.24, 2.45) is 0 Å². The lowest BCUT2D eigenvalue weighted by molar-refractivity contribution is 0.602. The van der Waals surface area contributed by atoms with E-state index >= 15 is 0 Å². The Kier molecular flexibility index (Phi) is 4.02. The van der Waals surface area contributed by atoms with Crippen molar-refractivity contribution in [2.75, 3.05) is 0 Å². The second kappa shape index (κ2) is 6.34. The Morgan fingerprint density at radius 2 is 1.56 bits per heavy atom. The van der Waals surface area contributed by atoms with Crippen LogP contribution in [0.5, 0.6) is 0 Å². The smallest absolute Gasteiger partial charge is 0.192 e. The number of hydrogen-bond donors (Lipinski definition) is 0. The summed E-state index contributed by atoms with van der Waals surface area (Å²) in [5.41, 5.74) is 6.09. The molecule has 0 bridgehead atoms. The van der Waals surface area contributed by atoms with Crippen molar-refractivity contribution in [1.29, 1.82) is 0 Å². The van der Waals surface area contributed by atoms with Gasteiger partial charge in [-0.25, -0.2) is 0 Å².